The number of methoxy groups -OCH3 is 1. The van der Waals surface area contributed by atoms with Gasteiger partial charge >= 0.3 is 0 Å². The molecule has 2 atom stereocenters. The minimum atomic E-state index is -0.0805. The first-order chi connectivity index (χ1) is 52.1. The monoisotopic (exact) mass is 1490 g/mol. The van der Waals surface area contributed by atoms with Crippen molar-refractivity contribution < 1.29 is 14.6 Å². The number of hydrogen-bond acceptors (Lipinski definition) is 3. The first-order valence-electron chi connectivity index (χ1n) is 37.2. The summed E-state index contributed by atoms with van der Waals surface area (Å²) < 4.78 is 23.1. The summed E-state index contributed by atoms with van der Waals surface area (Å²) in [6, 6.07) is 108. The molecule has 13 aromatic carbocycles. The molecule has 0 amide bonds. The maximum atomic E-state index is 10.1. The number of fused-ring (bicyclic) bond motifs is 11. The molecule has 18 aromatic rings. The first kappa shape index (κ1) is 73.7. The fourth-order valence-electron chi connectivity index (χ4n) is 14.8. The SMILES string of the molecule is CC(C)(C)c1ccc(-[s+]2ccc3ccccc32)cc1.CCCCCCOc1c(C)cc(-[s+]2c3ccccc3c3ccccc32)cc1C.COc1c(C)cc(-[s+]2c3ccccc3c3ccccc32)cc1C.Cc1cc(-[s+]2c3ccccc3c3ccccc32)cc(C)c1O.c1ccc(-[s+]2ccc3ccccc32)cc1. The molecule has 0 radical (unpaired) electrons. The Bertz CT molecular complexity index is 5920. The molecule has 0 aliphatic heterocycles. The van der Waals surface area contributed by atoms with Gasteiger partial charge in [0.05, 0.1) is 13.7 Å². The number of rotatable bonds is 12. The van der Waals surface area contributed by atoms with Crippen molar-refractivity contribution in [3.8, 4) is 41.7 Å². The normalized spacial score (nSPS) is 11.7. The summed E-state index contributed by atoms with van der Waals surface area (Å²) in [4.78, 5) is 6.86. The van der Waals surface area contributed by atoms with Gasteiger partial charge in [0, 0.05) is 144 Å². The zero-order valence-corrected chi connectivity index (χ0v) is 67.4. The van der Waals surface area contributed by atoms with E-state index in [9.17, 15) is 5.11 Å². The van der Waals surface area contributed by atoms with Gasteiger partial charge in [-0.2, -0.15) is 0 Å². The van der Waals surface area contributed by atoms with Crippen LogP contribution in [0.5, 0.6) is 17.2 Å². The van der Waals surface area contributed by atoms with Gasteiger partial charge < -0.3 is 14.6 Å². The lowest BCUT2D eigenvalue weighted by Crippen LogP contribution is -2.10. The number of thiophene rings is 5. The average molecular weight is 1490 g/mol. The van der Waals surface area contributed by atoms with E-state index < -0.39 is 0 Å². The van der Waals surface area contributed by atoms with Crippen molar-refractivity contribution >= 4 is 133 Å². The van der Waals surface area contributed by atoms with Gasteiger partial charge in [0.25, 0.3) is 0 Å². The van der Waals surface area contributed by atoms with Crippen molar-refractivity contribution in [3.63, 3.8) is 0 Å². The molecule has 534 valence electrons. The summed E-state index contributed by atoms with van der Waals surface area (Å²) in [6.07, 6.45) is 4.95. The number of ether oxygens (including phenoxy) is 2. The Labute approximate surface area is 645 Å². The van der Waals surface area contributed by atoms with E-state index in [0.717, 1.165) is 35.7 Å². The fourth-order valence-corrected chi connectivity index (χ4v) is 26.3. The smallest absolute Gasteiger partial charge is 0.187 e. The molecule has 3 nitrogen and oxygen atoms in total. The van der Waals surface area contributed by atoms with E-state index in [4.69, 9.17) is 9.47 Å². The molecule has 0 saturated carbocycles. The van der Waals surface area contributed by atoms with Gasteiger partial charge in [0.15, 0.2) is 62.1 Å². The Balaban J connectivity index is 0.000000114. The first-order valence-corrected chi connectivity index (χ1v) is 43.5. The van der Waals surface area contributed by atoms with Crippen LogP contribution in [-0.2, 0) is 5.41 Å². The van der Waals surface area contributed by atoms with E-state index in [1.54, 1.807) is 7.11 Å². The van der Waals surface area contributed by atoms with Crippen molar-refractivity contribution in [1.29, 1.82) is 0 Å². The average Bonchev–Trinajstić information content (AvgIpc) is 1.61. The van der Waals surface area contributed by atoms with Crippen molar-refractivity contribution in [2.75, 3.05) is 13.7 Å². The lowest BCUT2D eigenvalue weighted by molar-refractivity contribution is 0.301. The summed E-state index contributed by atoms with van der Waals surface area (Å²) in [7, 11) is 1.88. The van der Waals surface area contributed by atoms with Crippen LogP contribution in [0.2, 0.25) is 0 Å². The standard InChI is InChI=1S/C26H29OS.C21H19OS.C20H16OS.C18H19S.C14H11S/c1-4-5-6-11-16-27-26-19(2)17-21(18-20(26)3)28-24-14-9-7-12-22(24)23-13-8-10-15-25(23)28;1-14-12-16(13-15(2)21(14)22-3)23-19-10-6-4-8-17(19)18-9-5-7-11-20(18)23;1-13-11-15(12-14(2)20(13)21)22-18-9-5-3-7-16(18)17-8-4-6-10-19(17)22;1-18(2,3)15-8-10-16(11-9-15)19-13-12-14-6-4-5-7-17(14)19;1-2-7-13(8-3-1)15-11-10-12-6-4-5-9-14(12)15/h7-10,12-15,17-18H,4-6,11,16H2,1-3H3;4-13H,1-3H3;3-12H,1-2H3;4-13H,1-3H3;1-11H/q2*+1;;2*+1/p+1. The molecule has 0 aliphatic rings. The van der Waals surface area contributed by atoms with Gasteiger partial charge in [-0.25, -0.2) is 0 Å². The molecule has 5 heterocycles. The topological polar surface area (TPSA) is 38.7 Å². The molecule has 0 bridgehead atoms. The van der Waals surface area contributed by atoms with Gasteiger partial charge in [0.1, 0.15) is 28.0 Å². The van der Waals surface area contributed by atoms with Crippen LogP contribution >= 0.6 is 52.3 Å². The third-order valence-electron chi connectivity index (χ3n) is 20.1. The Morgan fingerprint density at radius 2 is 0.617 bits per heavy atom. The van der Waals surface area contributed by atoms with Crippen LogP contribution in [0.3, 0.4) is 0 Å². The third-order valence-corrected chi connectivity index (χ3v) is 31.0. The minimum Gasteiger partial charge on any atom is -0.507 e. The van der Waals surface area contributed by atoms with Crippen molar-refractivity contribution in [2.45, 2.75) is 100 Å². The second-order valence-corrected chi connectivity index (χ2v) is 38.2. The second-order valence-electron chi connectivity index (χ2n) is 28.6. The van der Waals surface area contributed by atoms with Crippen molar-refractivity contribution in [3.05, 3.63) is 347 Å². The molecular formula is C99H95O3S5+5. The maximum absolute atomic E-state index is 10.1. The lowest BCUT2D eigenvalue weighted by atomic mass is 9.87. The molecule has 2 unspecified atom stereocenters. The number of unbranched alkanes of at least 4 members (excludes halogenated alkanes) is 3. The number of benzene rings is 13. The summed E-state index contributed by atoms with van der Waals surface area (Å²) >= 11 is 0. The molecule has 107 heavy (non-hydrogen) atoms. The van der Waals surface area contributed by atoms with Gasteiger partial charge in [-0.05, 0) is 214 Å². The predicted molar refractivity (Wildman–Crippen MR) is 476 cm³/mol. The zero-order valence-electron chi connectivity index (χ0n) is 63.3. The predicted octanol–water partition coefficient (Wildman–Crippen LogP) is 31.2. The second kappa shape index (κ2) is 32.9. The molecule has 1 N–H and O–H groups in total. The van der Waals surface area contributed by atoms with Crippen LogP contribution in [-0.4, -0.2) is 18.8 Å². The highest BCUT2D eigenvalue weighted by Gasteiger charge is 2.29. The number of hydrogen-bond donors (Lipinski definition) is 1. The number of aromatic hydroxyl groups is 1. The van der Waals surface area contributed by atoms with Crippen LogP contribution in [0, 0.1) is 41.5 Å². The van der Waals surface area contributed by atoms with E-state index in [2.05, 4.69) is 363 Å². The van der Waals surface area contributed by atoms with Crippen molar-refractivity contribution in [2.24, 2.45) is 0 Å². The van der Waals surface area contributed by atoms with E-state index in [1.807, 2.05) is 13.8 Å². The molecular weight excluding hydrogens is 1400 g/mol. The van der Waals surface area contributed by atoms with Crippen LogP contribution in [0.1, 0.15) is 92.3 Å². The van der Waals surface area contributed by atoms with Gasteiger partial charge in [-0.15, -0.1) is 0 Å². The van der Waals surface area contributed by atoms with Gasteiger partial charge in [0.2, 0.25) is 0 Å². The quantitative estimate of drug-likeness (QED) is 0.0979. The molecule has 0 spiro atoms. The van der Waals surface area contributed by atoms with Crippen LogP contribution < -0.4 is 9.47 Å². The van der Waals surface area contributed by atoms with Crippen LogP contribution in [0.4, 0.5) is 0 Å². The number of aryl methyl sites for hydroxylation is 6. The minimum absolute atomic E-state index is 0.0269. The number of phenolic OH excluding ortho intramolecular Hbond substituents is 1. The van der Waals surface area contributed by atoms with E-state index in [-0.39, 0.29) is 57.8 Å². The Kier molecular flexibility index (Phi) is 22.7. The van der Waals surface area contributed by atoms with Gasteiger partial charge in [-0.3, -0.25) is 0 Å². The Morgan fingerprint density at radius 3 is 0.963 bits per heavy atom. The largest absolute Gasteiger partial charge is 0.507 e. The van der Waals surface area contributed by atoms with E-state index >= 15 is 0 Å². The summed E-state index contributed by atoms with van der Waals surface area (Å²) in [5.74, 6) is 2.48. The Hall–Kier alpha value is -10.2. The maximum Gasteiger partial charge on any atom is 0.187 e. The molecule has 8 heteroatoms. The zero-order chi connectivity index (χ0) is 74.3. The van der Waals surface area contributed by atoms with Crippen LogP contribution in [0.25, 0.3) is 105 Å². The summed E-state index contributed by atoms with van der Waals surface area (Å²) in [5, 5.41) is 25.6. The molecule has 0 saturated heterocycles. The van der Waals surface area contributed by atoms with Crippen LogP contribution in [0.15, 0.2) is 308 Å². The summed E-state index contributed by atoms with van der Waals surface area (Å²) in [6.45, 7) is 22.4. The highest BCUT2D eigenvalue weighted by molar-refractivity contribution is 7.51. The summed E-state index contributed by atoms with van der Waals surface area (Å²) in [5.41, 5.74) is 8.43. The highest BCUT2D eigenvalue weighted by atomic mass is 32.2. The fraction of sp³-hybridized carbons (Fsp3) is 0.172. The number of phenols is 1. The molecule has 18 rings (SSSR count). The lowest BCUT2D eigenvalue weighted by Gasteiger charge is -2.18. The molecule has 0 fully saturated rings. The third kappa shape index (κ3) is 15.6. The highest BCUT2D eigenvalue weighted by Crippen LogP contribution is 2.53. The molecule has 0 aliphatic carbocycles. The van der Waals surface area contributed by atoms with Gasteiger partial charge in [-0.1, -0.05) is 174 Å². The molecule has 5 aromatic heterocycles. The van der Waals surface area contributed by atoms with E-state index in [0.29, 0.717) is 5.75 Å². The Morgan fingerprint density at radius 1 is 0.308 bits per heavy atom. The van der Waals surface area contributed by atoms with E-state index in [1.165, 1.54) is 152 Å². The van der Waals surface area contributed by atoms with Crippen molar-refractivity contribution in [1.82, 2.24) is 0 Å².